The number of hydrogen-bond acceptors (Lipinski definition) is 10. The van der Waals surface area contributed by atoms with Crippen molar-refractivity contribution in [3.05, 3.63) is 41.2 Å². The van der Waals surface area contributed by atoms with E-state index in [1.54, 1.807) is 61.8 Å². The van der Waals surface area contributed by atoms with Crippen LogP contribution in [-0.2, 0) is 4.79 Å². The van der Waals surface area contributed by atoms with Crippen molar-refractivity contribution in [2.45, 2.75) is 6.92 Å². The molecule has 1 amide bonds. The number of thiazole rings is 1. The lowest BCUT2D eigenvalue weighted by Crippen LogP contribution is -2.22. The molecule has 0 radical (unpaired) electrons. The normalized spacial score (nSPS) is 11.0. The van der Waals surface area contributed by atoms with Crippen molar-refractivity contribution in [3.8, 4) is 11.8 Å². The van der Waals surface area contributed by atoms with Crippen LogP contribution in [-0.4, -0.2) is 47.0 Å². The number of nitriles is 1. The smallest absolute Gasteiger partial charge is 0.230 e. The number of nitrogen functional groups attached to an aromatic ring is 1. The highest BCUT2D eigenvalue weighted by molar-refractivity contribution is 7.14. The summed E-state index contributed by atoms with van der Waals surface area (Å²) in [6.07, 6.45) is 1.54. The summed E-state index contributed by atoms with van der Waals surface area (Å²) in [6, 6.07) is 9.14. The van der Waals surface area contributed by atoms with Gasteiger partial charge in [-0.3, -0.25) is 9.69 Å². The zero-order valence-electron chi connectivity index (χ0n) is 17.4. The van der Waals surface area contributed by atoms with Gasteiger partial charge in [-0.05, 0) is 30.3 Å². The Morgan fingerprint density at radius 2 is 1.90 bits per heavy atom. The first kappa shape index (κ1) is 21.7. The van der Waals surface area contributed by atoms with E-state index in [1.165, 1.54) is 23.2 Å². The van der Waals surface area contributed by atoms with E-state index >= 15 is 0 Å². The lowest BCUT2D eigenvalue weighted by molar-refractivity contribution is -0.115. The molecule has 2 aromatic heterocycles. The molecule has 0 saturated heterocycles. The zero-order valence-corrected chi connectivity index (χ0v) is 18.2. The molecule has 0 saturated carbocycles. The fourth-order valence-corrected chi connectivity index (χ4v) is 3.44. The summed E-state index contributed by atoms with van der Waals surface area (Å²) in [5.74, 6) is 0.978. The van der Waals surface area contributed by atoms with Crippen LogP contribution in [0.2, 0.25) is 0 Å². The van der Waals surface area contributed by atoms with Crippen LogP contribution in [0.5, 0.6) is 5.75 Å². The quantitative estimate of drug-likeness (QED) is 0.579. The van der Waals surface area contributed by atoms with Crippen LogP contribution < -0.4 is 20.3 Å². The molecular weight excluding hydrogens is 416 g/mol. The first-order valence-corrected chi connectivity index (χ1v) is 9.91. The van der Waals surface area contributed by atoms with Crippen molar-refractivity contribution in [1.29, 1.82) is 5.26 Å². The summed E-state index contributed by atoms with van der Waals surface area (Å²) in [6.45, 7) is 1.46. The Bertz CT molecular complexity index is 1160. The highest BCUT2D eigenvalue weighted by atomic mass is 32.1. The van der Waals surface area contributed by atoms with E-state index in [4.69, 9.17) is 10.5 Å². The van der Waals surface area contributed by atoms with Gasteiger partial charge in [-0.15, -0.1) is 11.3 Å². The highest BCUT2D eigenvalue weighted by Gasteiger charge is 2.18. The maximum atomic E-state index is 12.3. The molecular formula is C20H20N8O2S. The molecule has 0 fully saturated rings. The standard InChI is InChI=1S/C20H20N8O2S/c1-12(29)28(15-5-7-16(30-4)8-6-15)20-23-14(11-31-20)9-13(10-21)17-24-18(22)26-19(25-17)27(2)3/h5-9,11H,1-4H3,(H2,22,24,25,26)/b13-9+. The minimum atomic E-state index is -0.198. The molecule has 3 aromatic rings. The molecule has 10 nitrogen and oxygen atoms in total. The average molecular weight is 437 g/mol. The van der Waals surface area contributed by atoms with Crippen molar-refractivity contribution >= 4 is 51.6 Å². The third kappa shape index (κ3) is 4.93. The molecule has 0 spiro atoms. The predicted molar refractivity (Wildman–Crippen MR) is 120 cm³/mol. The van der Waals surface area contributed by atoms with Crippen molar-refractivity contribution in [1.82, 2.24) is 19.9 Å². The van der Waals surface area contributed by atoms with Gasteiger partial charge in [0.05, 0.1) is 24.1 Å². The summed E-state index contributed by atoms with van der Waals surface area (Å²) in [5.41, 5.74) is 7.07. The van der Waals surface area contributed by atoms with Gasteiger partial charge in [-0.2, -0.15) is 20.2 Å². The molecule has 0 aliphatic heterocycles. The van der Waals surface area contributed by atoms with E-state index in [9.17, 15) is 10.1 Å². The lowest BCUT2D eigenvalue weighted by atomic mass is 10.2. The Hall–Kier alpha value is -4.04. The van der Waals surface area contributed by atoms with Crippen molar-refractivity contribution < 1.29 is 9.53 Å². The number of methoxy groups -OCH3 is 1. The molecule has 0 aliphatic carbocycles. The zero-order chi connectivity index (χ0) is 22.5. The van der Waals surface area contributed by atoms with Crippen LogP contribution in [0.4, 0.5) is 22.7 Å². The molecule has 0 aliphatic rings. The topological polar surface area (TPSA) is 134 Å². The van der Waals surface area contributed by atoms with Gasteiger partial charge >= 0.3 is 0 Å². The molecule has 2 heterocycles. The molecule has 11 heteroatoms. The number of rotatable bonds is 6. The number of benzene rings is 1. The molecule has 1 aromatic carbocycles. The summed E-state index contributed by atoms with van der Waals surface area (Å²) >= 11 is 1.27. The summed E-state index contributed by atoms with van der Waals surface area (Å²) in [7, 11) is 5.10. The summed E-state index contributed by atoms with van der Waals surface area (Å²) < 4.78 is 5.17. The molecule has 0 bridgehead atoms. The number of anilines is 4. The predicted octanol–water partition coefficient (Wildman–Crippen LogP) is 2.73. The summed E-state index contributed by atoms with van der Waals surface area (Å²) in [5, 5.41) is 11.8. The van der Waals surface area contributed by atoms with E-state index in [-0.39, 0.29) is 23.3 Å². The van der Waals surface area contributed by atoms with Crippen LogP contribution in [0.15, 0.2) is 29.6 Å². The number of amides is 1. The van der Waals surface area contributed by atoms with E-state index in [0.717, 1.165) is 0 Å². The maximum absolute atomic E-state index is 12.3. The first-order valence-electron chi connectivity index (χ1n) is 9.03. The molecule has 3 rings (SSSR count). The monoisotopic (exact) mass is 436 g/mol. The van der Waals surface area contributed by atoms with Gasteiger partial charge in [0.25, 0.3) is 0 Å². The fraction of sp³-hybridized carbons (Fsp3) is 0.200. The second-order valence-corrected chi connectivity index (χ2v) is 7.33. The number of carbonyl (C=O) groups is 1. The Morgan fingerprint density at radius 1 is 1.19 bits per heavy atom. The van der Waals surface area contributed by atoms with Gasteiger partial charge in [0, 0.05) is 26.4 Å². The van der Waals surface area contributed by atoms with Crippen molar-refractivity contribution in [2.75, 3.05) is 36.7 Å². The Labute approximate surface area is 183 Å². The third-order valence-electron chi connectivity index (χ3n) is 4.04. The molecule has 0 unspecified atom stereocenters. The minimum absolute atomic E-state index is 0.0103. The number of aromatic nitrogens is 4. The number of nitrogens with zero attached hydrogens (tertiary/aromatic N) is 7. The fourth-order valence-electron chi connectivity index (χ4n) is 2.60. The lowest BCUT2D eigenvalue weighted by Gasteiger charge is -2.18. The minimum Gasteiger partial charge on any atom is -0.497 e. The Balaban J connectivity index is 1.96. The highest BCUT2D eigenvalue weighted by Crippen LogP contribution is 2.31. The third-order valence-corrected chi connectivity index (χ3v) is 4.89. The SMILES string of the molecule is COc1ccc(N(C(C)=O)c2nc(/C=C(\C#N)c3nc(N)nc(N(C)C)n3)cs2)cc1. The number of ether oxygens (including phenoxy) is 1. The van der Waals surface area contributed by atoms with E-state index in [0.29, 0.717) is 28.2 Å². The molecule has 158 valence electrons. The van der Waals surface area contributed by atoms with Gasteiger partial charge in [0.2, 0.25) is 17.8 Å². The largest absolute Gasteiger partial charge is 0.497 e. The van der Waals surface area contributed by atoms with E-state index in [2.05, 4.69) is 26.0 Å². The van der Waals surface area contributed by atoms with E-state index < -0.39 is 0 Å². The molecule has 0 atom stereocenters. The van der Waals surface area contributed by atoms with Crippen LogP contribution in [0.3, 0.4) is 0 Å². The number of nitrogens with two attached hydrogens (primary N) is 1. The average Bonchev–Trinajstić information content (AvgIpc) is 3.19. The number of allylic oxidation sites excluding steroid dienone is 1. The van der Waals surface area contributed by atoms with Crippen LogP contribution in [0.1, 0.15) is 18.4 Å². The van der Waals surface area contributed by atoms with Gasteiger partial charge in [0.1, 0.15) is 11.8 Å². The second-order valence-electron chi connectivity index (χ2n) is 6.49. The van der Waals surface area contributed by atoms with Crippen molar-refractivity contribution in [2.24, 2.45) is 0 Å². The summed E-state index contributed by atoms with van der Waals surface area (Å²) in [4.78, 5) is 32.3. The van der Waals surface area contributed by atoms with Crippen LogP contribution in [0.25, 0.3) is 11.6 Å². The van der Waals surface area contributed by atoms with Gasteiger partial charge in [-0.1, -0.05) is 0 Å². The number of carbonyl (C=O) groups excluding carboxylic acids is 1. The number of hydrogen-bond donors (Lipinski definition) is 1. The van der Waals surface area contributed by atoms with Crippen LogP contribution >= 0.6 is 11.3 Å². The maximum Gasteiger partial charge on any atom is 0.230 e. The first-order chi connectivity index (χ1) is 14.8. The van der Waals surface area contributed by atoms with Gasteiger partial charge in [0.15, 0.2) is 11.0 Å². The van der Waals surface area contributed by atoms with Gasteiger partial charge < -0.3 is 15.4 Å². The molecule has 2 N–H and O–H groups in total. The van der Waals surface area contributed by atoms with E-state index in [1.807, 2.05) is 0 Å². The molecule has 31 heavy (non-hydrogen) atoms. The Morgan fingerprint density at radius 3 is 2.48 bits per heavy atom. The van der Waals surface area contributed by atoms with Crippen LogP contribution in [0, 0.1) is 11.3 Å². The van der Waals surface area contributed by atoms with Gasteiger partial charge in [-0.25, -0.2) is 4.98 Å². The Kier molecular flexibility index (Phi) is 6.42. The van der Waals surface area contributed by atoms with Crippen molar-refractivity contribution in [3.63, 3.8) is 0 Å². The second kappa shape index (κ2) is 9.19.